The zero-order chi connectivity index (χ0) is 12.9. The normalized spacial score (nSPS) is 30.1. The van der Waals surface area contributed by atoms with Crippen molar-refractivity contribution >= 4 is 5.91 Å². The summed E-state index contributed by atoms with van der Waals surface area (Å²) in [5, 5.41) is 12.6. The molecule has 98 valence electrons. The summed E-state index contributed by atoms with van der Waals surface area (Å²) >= 11 is 0. The predicted molar refractivity (Wildman–Crippen MR) is 69.6 cm³/mol. The van der Waals surface area contributed by atoms with Crippen molar-refractivity contribution in [1.29, 1.82) is 0 Å². The minimum absolute atomic E-state index is 0.0320. The summed E-state index contributed by atoms with van der Waals surface area (Å²) < 4.78 is 0. The molecule has 0 aromatic rings. The molecule has 0 aromatic carbocycles. The van der Waals surface area contributed by atoms with Crippen molar-refractivity contribution in [2.75, 3.05) is 6.61 Å². The molecule has 0 unspecified atom stereocenters. The van der Waals surface area contributed by atoms with E-state index in [0.29, 0.717) is 5.92 Å². The molecule has 0 spiro atoms. The third-order valence-electron chi connectivity index (χ3n) is 3.78. The third-order valence-corrected chi connectivity index (χ3v) is 3.78. The van der Waals surface area contributed by atoms with Crippen LogP contribution in [0.15, 0.2) is 11.6 Å². The summed E-state index contributed by atoms with van der Waals surface area (Å²) in [4.78, 5) is 12.0. The highest BCUT2D eigenvalue weighted by Crippen LogP contribution is 2.31. The van der Waals surface area contributed by atoms with Crippen molar-refractivity contribution in [3.63, 3.8) is 0 Å². The Labute approximate surface area is 104 Å². The van der Waals surface area contributed by atoms with Gasteiger partial charge in [-0.05, 0) is 44.9 Å². The van der Waals surface area contributed by atoms with Crippen LogP contribution < -0.4 is 5.32 Å². The molecule has 1 amide bonds. The Morgan fingerprint density at radius 1 is 1.47 bits per heavy atom. The molecule has 3 nitrogen and oxygen atoms in total. The molecule has 1 saturated carbocycles. The molecular weight excluding hydrogens is 214 g/mol. The highest BCUT2D eigenvalue weighted by molar-refractivity contribution is 5.93. The molecule has 0 bridgehead atoms. The van der Waals surface area contributed by atoms with Gasteiger partial charge >= 0.3 is 0 Å². The third kappa shape index (κ3) is 3.84. The average molecular weight is 239 g/mol. The number of rotatable bonds is 4. The zero-order valence-corrected chi connectivity index (χ0v) is 11.3. The van der Waals surface area contributed by atoms with Crippen molar-refractivity contribution in [2.24, 2.45) is 5.92 Å². The molecule has 1 aliphatic carbocycles. The molecule has 2 N–H and O–H groups in total. The number of allylic oxidation sites excluding steroid dienone is 1. The van der Waals surface area contributed by atoms with Gasteiger partial charge in [0.05, 0.1) is 12.1 Å². The summed E-state index contributed by atoms with van der Waals surface area (Å²) in [6.07, 6.45) is 6.72. The number of carbonyl (C=O) groups excluding carboxylic acids is 1. The van der Waals surface area contributed by atoms with Crippen LogP contribution in [-0.2, 0) is 4.79 Å². The molecule has 0 atom stereocenters. The van der Waals surface area contributed by atoms with Gasteiger partial charge < -0.3 is 10.4 Å². The van der Waals surface area contributed by atoms with Crippen LogP contribution in [0.25, 0.3) is 0 Å². The fraction of sp³-hybridized carbons (Fsp3) is 0.786. The van der Waals surface area contributed by atoms with E-state index in [4.69, 9.17) is 0 Å². The number of amides is 1. The van der Waals surface area contributed by atoms with Crippen molar-refractivity contribution in [3.8, 4) is 0 Å². The predicted octanol–water partition coefficient (Wildman–Crippen LogP) is 2.40. The largest absolute Gasteiger partial charge is 0.394 e. The molecule has 0 aliphatic heterocycles. The molecule has 17 heavy (non-hydrogen) atoms. The van der Waals surface area contributed by atoms with Gasteiger partial charge in [0.15, 0.2) is 0 Å². The van der Waals surface area contributed by atoms with E-state index in [1.807, 2.05) is 19.9 Å². The first-order valence-corrected chi connectivity index (χ1v) is 6.63. The monoisotopic (exact) mass is 239 g/mol. The van der Waals surface area contributed by atoms with Crippen LogP contribution in [0, 0.1) is 5.92 Å². The summed E-state index contributed by atoms with van der Waals surface area (Å²) in [5.41, 5.74) is 0.367. The Balaban J connectivity index is 2.63. The lowest BCUT2D eigenvalue weighted by atomic mass is 9.77. The lowest BCUT2D eigenvalue weighted by molar-refractivity contribution is -0.120. The zero-order valence-electron chi connectivity index (χ0n) is 11.3. The summed E-state index contributed by atoms with van der Waals surface area (Å²) in [6, 6.07) is 0. The van der Waals surface area contributed by atoms with Crippen LogP contribution in [0.5, 0.6) is 0 Å². The second-order valence-corrected chi connectivity index (χ2v) is 5.37. The van der Waals surface area contributed by atoms with Crippen LogP contribution in [0.4, 0.5) is 0 Å². The second kappa shape index (κ2) is 6.20. The number of carbonyl (C=O) groups is 1. The van der Waals surface area contributed by atoms with Crippen LogP contribution in [-0.4, -0.2) is 23.2 Å². The molecule has 1 fully saturated rings. The van der Waals surface area contributed by atoms with Crippen LogP contribution in [0.2, 0.25) is 0 Å². The van der Waals surface area contributed by atoms with Gasteiger partial charge in [-0.15, -0.1) is 0 Å². The fourth-order valence-electron chi connectivity index (χ4n) is 2.38. The molecule has 0 heterocycles. The van der Waals surface area contributed by atoms with Gasteiger partial charge in [0.2, 0.25) is 5.91 Å². The highest BCUT2D eigenvalue weighted by Gasteiger charge is 2.35. The molecule has 1 rings (SSSR count). The number of hydrogen-bond donors (Lipinski definition) is 2. The molecule has 0 aromatic heterocycles. The minimum Gasteiger partial charge on any atom is -0.394 e. The summed E-state index contributed by atoms with van der Waals surface area (Å²) in [6.45, 7) is 6.12. The highest BCUT2D eigenvalue weighted by atomic mass is 16.3. The number of nitrogens with one attached hydrogen (secondary N) is 1. The van der Waals surface area contributed by atoms with Crippen molar-refractivity contribution in [2.45, 2.75) is 58.4 Å². The van der Waals surface area contributed by atoms with Crippen LogP contribution in [0.1, 0.15) is 52.9 Å². The first-order valence-electron chi connectivity index (χ1n) is 6.63. The van der Waals surface area contributed by atoms with Gasteiger partial charge in [0, 0.05) is 5.57 Å². The van der Waals surface area contributed by atoms with Crippen LogP contribution in [0.3, 0.4) is 0 Å². The quantitative estimate of drug-likeness (QED) is 0.740. The van der Waals surface area contributed by atoms with E-state index in [9.17, 15) is 9.90 Å². The Morgan fingerprint density at radius 2 is 2.06 bits per heavy atom. The number of hydrogen-bond acceptors (Lipinski definition) is 2. The van der Waals surface area contributed by atoms with Crippen molar-refractivity contribution in [1.82, 2.24) is 5.32 Å². The number of aliphatic hydroxyl groups is 1. The topological polar surface area (TPSA) is 49.3 Å². The fourth-order valence-corrected chi connectivity index (χ4v) is 2.38. The lowest BCUT2D eigenvalue weighted by Gasteiger charge is -2.38. The van der Waals surface area contributed by atoms with Crippen LogP contribution >= 0.6 is 0 Å². The second-order valence-electron chi connectivity index (χ2n) is 5.37. The van der Waals surface area contributed by atoms with Crippen molar-refractivity contribution in [3.05, 3.63) is 11.6 Å². The molecule has 1 aliphatic rings. The Kier molecular flexibility index (Phi) is 5.19. The van der Waals surface area contributed by atoms with Gasteiger partial charge in [-0.3, -0.25) is 4.79 Å². The van der Waals surface area contributed by atoms with Gasteiger partial charge in [-0.25, -0.2) is 0 Å². The maximum absolute atomic E-state index is 12.0. The minimum atomic E-state index is -0.383. The van der Waals surface area contributed by atoms with Gasteiger partial charge in [0.1, 0.15) is 0 Å². The van der Waals surface area contributed by atoms with E-state index >= 15 is 0 Å². The van der Waals surface area contributed by atoms with Gasteiger partial charge in [-0.1, -0.05) is 19.9 Å². The van der Waals surface area contributed by atoms with E-state index in [1.54, 1.807) is 0 Å². The molecule has 0 saturated heterocycles. The maximum Gasteiger partial charge on any atom is 0.247 e. The first-order chi connectivity index (χ1) is 8.03. The Morgan fingerprint density at radius 3 is 2.53 bits per heavy atom. The summed E-state index contributed by atoms with van der Waals surface area (Å²) in [5.74, 6) is 0.675. The average Bonchev–Trinajstić information content (AvgIpc) is 2.33. The number of aliphatic hydroxyl groups excluding tert-OH is 1. The summed E-state index contributed by atoms with van der Waals surface area (Å²) in [7, 11) is 0. The Bertz CT molecular complexity index is 289. The van der Waals surface area contributed by atoms with E-state index in [-0.39, 0.29) is 18.1 Å². The molecule has 3 heteroatoms. The van der Waals surface area contributed by atoms with E-state index in [2.05, 4.69) is 12.2 Å². The van der Waals surface area contributed by atoms with E-state index in [1.165, 1.54) is 0 Å². The standard InChI is InChI=1S/C14H25NO2/c1-4-5-12(3)13(17)15-14(10-16)8-6-11(2)7-9-14/h5,11,16H,4,6-10H2,1-3H3,(H,15,17). The van der Waals surface area contributed by atoms with E-state index < -0.39 is 0 Å². The van der Waals surface area contributed by atoms with Gasteiger partial charge in [-0.2, -0.15) is 0 Å². The molecule has 0 radical (unpaired) electrons. The maximum atomic E-state index is 12.0. The lowest BCUT2D eigenvalue weighted by Crippen LogP contribution is -2.53. The molecular formula is C14H25NO2. The van der Waals surface area contributed by atoms with E-state index in [0.717, 1.165) is 37.7 Å². The Hall–Kier alpha value is -0.830. The SMILES string of the molecule is CCC=C(C)C(=O)NC1(CO)CCC(C)CC1. The first kappa shape index (κ1) is 14.2. The van der Waals surface area contributed by atoms with Gasteiger partial charge in [0.25, 0.3) is 0 Å². The van der Waals surface area contributed by atoms with Crippen molar-refractivity contribution < 1.29 is 9.90 Å². The smallest absolute Gasteiger partial charge is 0.247 e.